The summed E-state index contributed by atoms with van der Waals surface area (Å²) in [6.45, 7) is 13.9. The molecular weight excluding hydrogens is 574 g/mol. The zero-order valence-corrected chi connectivity index (χ0v) is 27.4. The molecule has 10 heteroatoms. The van der Waals surface area contributed by atoms with Crippen LogP contribution in [0.1, 0.15) is 74.9 Å². The lowest BCUT2D eigenvalue weighted by Crippen LogP contribution is -2.59. The second kappa shape index (κ2) is 13.2. The third kappa shape index (κ3) is 7.24. The summed E-state index contributed by atoms with van der Waals surface area (Å²) in [5.41, 5.74) is 3.80. The van der Waals surface area contributed by atoms with Crippen LogP contribution in [0.2, 0.25) is 0 Å². The summed E-state index contributed by atoms with van der Waals surface area (Å²) in [7, 11) is -4.10. The summed E-state index contributed by atoms with van der Waals surface area (Å²) >= 11 is 0. The smallest absolute Gasteiger partial charge is 0.264 e. The van der Waals surface area contributed by atoms with Crippen LogP contribution in [0.25, 0.3) is 11.3 Å². The number of aryl methyl sites for hydroxylation is 2. The highest BCUT2D eigenvalue weighted by Gasteiger charge is 2.40. The fraction of sp³-hybridized carbons (Fsp3) is 0.500. The minimum atomic E-state index is -4.10. The van der Waals surface area contributed by atoms with Crippen LogP contribution >= 0.6 is 0 Å². The number of anilines is 1. The number of carbonyl (C=O) groups is 1. The molecule has 1 aromatic heterocycles. The number of hydrogen-bond donors (Lipinski definition) is 2. The molecule has 0 unspecified atom stereocenters. The van der Waals surface area contributed by atoms with Gasteiger partial charge in [-0.05, 0) is 87.2 Å². The van der Waals surface area contributed by atoms with E-state index >= 15 is 0 Å². The van der Waals surface area contributed by atoms with Gasteiger partial charge in [0, 0.05) is 29.3 Å². The normalized spacial score (nSPS) is 21.5. The monoisotopic (exact) mass is 619 g/mol. The molecule has 44 heavy (non-hydrogen) atoms. The van der Waals surface area contributed by atoms with Gasteiger partial charge in [0.15, 0.2) is 0 Å². The maximum absolute atomic E-state index is 14.3. The molecule has 0 saturated heterocycles. The van der Waals surface area contributed by atoms with Crippen LogP contribution in [0.15, 0.2) is 53.4 Å². The van der Waals surface area contributed by atoms with Gasteiger partial charge in [0.2, 0.25) is 11.8 Å². The predicted molar refractivity (Wildman–Crippen MR) is 173 cm³/mol. The molecule has 4 bridgehead atoms. The number of ether oxygens (including phenoxy) is 1. The molecule has 3 aromatic rings. The number of benzene rings is 2. The van der Waals surface area contributed by atoms with Crippen molar-refractivity contribution in [1.82, 2.24) is 20.2 Å². The summed E-state index contributed by atoms with van der Waals surface area (Å²) in [5, 5.41) is 3.64. The van der Waals surface area contributed by atoms with Gasteiger partial charge in [-0.1, -0.05) is 52.0 Å². The van der Waals surface area contributed by atoms with Gasteiger partial charge < -0.3 is 15.0 Å². The molecule has 0 spiro atoms. The van der Waals surface area contributed by atoms with E-state index < -0.39 is 10.0 Å². The van der Waals surface area contributed by atoms with Gasteiger partial charge in [-0.25, -0.2) is 18.1 Å². The molecule has 2 aliphatic rings. The lowest BCUT2D eigenvalue weighted by atomic mass is 9.83. The van der Waals surface area contributed by atoms with Crippen molar-refractivity contribution in [3.05, 3.63) is 65.2 Å². The Morgan fingerprint density at radius 3 is 2.39 bits per heavy atom. The summed E-state index contributed by atoms with van der Waals surface area (Å²) < 4.78 is 36.1. The van der Waals surface area contributed by atoms with Crippen molar-refractivity contribution in [3.8, 4) is 17.1 Å². The first kappa shape index (κ1) is 31.9. The van der Waals surface area contributed by atoms with Gasteiger partial charge in [-0.3, -0.25) is 4.79 Å². The molecule has 0 radical (unpaired) electrons. The van der Waals surface area contributed by atoms with Gasteiger partial charge in [0.25, 0.3) is 15.9 Å². The Kier molecular flexibility index (Phi) is 9.60. The highest BCUT2D eigenvalue weighted by molar-refractivity contribution is 7.92. The van der Waals surface area contributed by atoms with Gasteiger partial charge in [-0.15, -0.1) is 0 Å². The topological polar surface area (TPSA) is 114 Å². The number of carbonyl (C=O) groups excluding carboxylic acids is 1. The van der Waals surface area contributed by atoms with Gasteiger partial charge in [-0.2, -0.15) is 4.98 Å². The van der Waals surface area contributed by atoms with Gasteiger partial charge in [0.05, 0.1) is 16.6 Å². The van der Waals surface area contributed by atoms with Gasteiger partial charge >= 0.3 is 0 Å². The Morgan fingerprint density at radius 1 is 1.00 bits per heavy atom. The number of amides is 1. The van der Waals surface area contributed by atoms with Crippen LogP contribution in [0.5, 0.6) is 5.88 Å². The third-order valence-corrected chi connectivity index (χ3v) is 9.84. The van der Waals surface area contributed by atoms with E-state index in [0.717, 1.165) is 48.9 Å². The Morgan fingerprint density at radius 2 is 1.70 bits per heavy atom. The molecule has 1 aliphatic carbocycles. The van der Waals surface area contributed by atoms with Crippen molar-refractivity contribution in [2.45, 2.75) is 90.2 Å². The van der Waals surface area contributed by atoms with Crippen LogP contribution in [0.4, 0.5) is 5.95 Å². The van der Waals surface area contributed by atoms with Crippen LogP contribution in [-0.4, -0.2) is 60.5 Å². The lowest BCUT2D eigenvalue weighted by molar-refractivity contribution is 0.0212. The van der Waals surface area contributed by atoms with E-state index in [1.807, 2.05) is 36.9 Å². The van der Waals surface area contributed by atoms with E-state index in [1.165, 1.54) is 12.1 Å². The number of hydrogen-bond acceptors (Lipinski definition) is 7. The number of rotatable bonds is 8. The molecule has 1 saturated carbocycles. The van der Waals surface area contributed by atoms with E-state index in [1.54, 1.807) is 18.2 Å². The van der Waals surface area contributed by atoms with Crippen molar-refractivity contribution >= 4 is 21.9 Å². The summed E-state index contributed by atoms with van der Waals surface area (Å²) in [6, 6.07) is 14.1. The molecule has 9 nitrogen and oxygen atoms in total. The first-order valence-corrected chi connectivity index (χ1v) is 17.2. The Labute approximate surface area is 261 Å². The first-order chi connectivity index (χ1) is 20.9. The van der Waals surface area contributed by atoms with Gasteiger partial charge in [0.1, 0.15) is 6.61 Å². The molecule has 2 aromatic carbocycles. The minimum Gasteiger partial charge on any atom is -0.475 e. The molecule has 236 valence electrons. The molecule has 5 rings (SSSR count). The second-order valence-corrected chi connectivity index (χ2v) is 14.8. The summed E-state index contributed by atoms with van der Waals surface area (Å²) in [6.07, 6.45) is 3.51. The number of nitrogens with zero attached hydrogens (tertiary/aromatic N) is 3. The molecule has 2 N–H and O–H groups in total. The highest BCUT2D eigenvalue weighted by atomic mass is 32.2. The van der Waals surface area contributed by atoms with Crippen LogP contribution < -0.4 is 14.8 Å². The minimum absolute atomic E-state index is 0.0149. The van der Waals surface area contributed by atoms with E-state index in [0.29, 0.717) is 29.1 Å². The second-order valence-electron chi connectivity index (χ2n) is 13.1. The predicted octanol–water partition coefficient (Wildman–Crippen LogP) is 5.98. The van der Waals surface area contributed by atoms with Crippen LogP contribution in [0, 0.1) is 25.7 Å². The number of fused-ring (bicyclic) bond motifs is 4. The maximum atomic E-state index is 14.3. The van der Waals surface area contributed by atoms with E-state index in [-0.39, 0.29) is 41.3 Å². The maximum Gasteiger partial charge on any atom is 0.264 e. The van der Waals surface area contributed by atoms with Crippen LogP contribution in [0.3, 0.4) is 0 Å². The van der Waals surface area contributed by atoms with E-state index in [2.05, 4.69) is 47.7 Å². The Hall–Kier alpha value is -3.50. The Balaban J connectivity index is 1.56. The fourth-order valence-electron chi connectivity index (χ4n) is 6.19. The molecule has 2 heterocycles. The number of aromatic nitrogens is 2. The van der Waals surface area contributed by atoms with E-state index in [4.69, 9.17) is 4.74 Å². The average Bonchev–Trinajstić information content (AvgIpc) is 2.93. The van der Waals surface area contributed by atoms with Crippen molar-refractivity contribution in [2.24, 2.45) is 11.8 Å². The summed E-state index contributed by atoms with van der Waals surface area (Å²) in [5.74, 6) is 0.915. The third-order valence-electron chi connectivity index (χ3n) is 8.51. The molecule has 1 atom stereocenters. The SMILES string of the molecule is Cc1cccc(C)c1-c1cc2nc(n1)NS(=O)(=O)c1cccc(c1)C(=O)N(C1CC(NCCC(C)C)C1)[C@H](CC(C)C)CO2. The largest absolute Gasteiger partial charge is 0.475 e. The molecule has 1 amide bonds. The summed E-state index contributed by atoms with van der Waals surface area (Å²) in [4.78, 5) is 25.3. The lowest BCUT2D eigenvalue weighted by Gasteiger charge is -2.47. The quantitative estimate of drug-likeness (QED) is 0.319. The Bertz CT molecular complexity index is 1580. The van der Waals surface area contributed by atoms with Crippen molar-refractivity contribution in [3.63, 3.8) is 0 Å². The zero-order valence-electron chi connectivity index (χ0n) is 26.6. The number of nitrogens with one attached hydrogen (secondary N) is 2. The fourth-order valence-corrected chi connectivity index (χ4v) is 7.18. The van der Waals surface area contributed by atoms with Crippen molar-refractivity contribution < 1.29 is 17.9 Å². The van der Waals surface area contributed by atoms with Crippen LogP contribution in [-0.2, 0) is 10.0 Å². The van der Waals surface area contributed by atoms with Crippen molar-refractivity contribution in [2.75, 3.05) is 17.9 Å². The van der Waals surface area contributed by atoms with E-state index in [9.17, 15) is 13.2 Å². The molecule has 1 aliphatic heterocycles. The zero-order chi connectivity index (χ0) is 31.6. The average molecular weight is 620 g/mol. The molecular formula is C34H45N5O4S. The van der Waals surface area contributed by atoms with Crippen molar-refractivity contribution in [1.29, 1.82) is 0 Å². The standard InChI is InChI=1S/C34H45N5O4S/c1-21(2)13-14-35-26-17-27(18-26)39-28(15-22(3)4)20-43-31-19-30(32-23(5)9-7-10-24(32)6)36-34(37-31)38-44(41,42)29-12-8-11-25(16-29)33(39)40/h7-12,16,19,21-22,26-28,35H,13-15,17-18,20H2,1-6H3,(H,36,37,38)/t26?,27?,28-/m1/s1. The molecule has 1 fully saturated rings. The first-order valence-electron chi connectivity index (χ1n) is 15.7. The number of sulfonamides is 1. The highest BCUT2D eigenvalue weighted by Crippen LogP contribution is 2.33.